The van der Waals surface area contributed by atoms with E-state index >= 15 is 0 Å². The van der Waals surface area contributed by atoms with Gasteiger partial charge >= 0.3 is 12.1 Å². The Kier molecular flexibility index (Phi) is 6.05. The van der Waals surface area contributed by atoms with Crippen LogP contribution in [0.5, 0.6) is 5.75 Å². The molecule has 6 rings (SSSR count). The number of fused-ring (bicyclic) bond motifs is 2. The molecule has 3 heterocycles. The molecule has 1 amide bonds. The monoisotopic (exact) mass is 472 g/mol. The molecule has 0 bridgehead atoms. The molecule has 2 N–H and O–H groups in total. The van der Waals surface area contributed by atoms with Gasteiger partial charge in [0.25, 0.3) is 0 Å². The lowest BCUT2D eigenvalue weighted by atomic mass is 10.0. The van der Waals surface area contributed by atoms with Crippen LogP contribution in [0.3, 0.4) is 0 Å². The van der Waals surface area contributed by atoms with Crippen molar-refractivity contribution in [3.05, 3.63) is 83.2 Å². The summed E-state index contributed by atoms with van der Waals surface area (Å²) in [5.41, 5.74) is 5.14. The van der Waals surface area contributed by atoms with Crippen LogP contribution in [0.1, 0.15) is 46.1 Å². The van der Waals surface area contributed by atoms with Gasteiger partial charge in [-0.05, 0) is 42.7 Å². The summed E-state index contributed by atoms with van der Waals surface area (Å²) in [6.45, 7) is 0.697. The van der Waals surface area contributed by atoms with Crippen molar-refractivity contribution < 1.29 is 24.2 Å². The number of benzene rings is 2. The summed E-state index contributed by atoms with van der Waals surface area (Å²) >= 11 is 0. The molecule has 9 heteroatoms. The van der Waals surface area contributed by atoms with Gasteiger partial charge in [0.05, 0.1) is 18.4 Å². The van der Waals surface area contributed by atoms with Crippen LogP contribution in [-0.4, -0.2) is 38.9 Å². The first-order chi connectivity index (χ1) is 17.0. The van der Waals surface area contributed by atoms with Gasteiger partial charge in [-0.15, -0.1) is 0 Å². The van der Waals surface area contributed by atoms with Crippen LogP contribution >= 0.6 is 0 Å². The lowest BCUT2D eigenvalue weighted by Crippen LogP contribution is -2.19. The topological polar surface area (TPSA) is 115 Å². The maximum Gasteiger partial charge on any atom is 0.404 e. The summed E-state index contributed by atoms with van der Waals surface area (Å²) in [5, 5.41) is 15.2. The van der Waals surface area contributed by atoms with Crippen molar-refractivity contribution in [1.82, 2.24) is 19.9 Å². The van der Waals surface area contributed by atoms with E-state index < -0.39 is 6.09 Å². The number of esters is 1. The zero-order valence-electron chi connectivity index (χ0n) is 19.1. The van der Waals surface area contributed by atoms with Crippen LogP contribution < -0.4 is 10.1 Å². The van der Waals surface area contributed by atoms with Gasteiger partial charge in [-0.2, -0.15) is 5.10 Å². The summed E-state index contributed by atoms with van der Waals surface area (Å²) in [5.74, 6) is 1.79. The van der Waals surface area contributed by atoms with Crippen LogP contribution in [0, 0.1) is 0 Å². The smallest absolute Gasteiger partial charge is 0.404 e. The van der Waals surface area contributed by atoms with Crippen LogP contribution in [0.4, 0.5) is 4.79 Å². The number of cyclic esters (lactones) is 1. The molecule has 0 saturated heterocycles. The summed E-state index contributed by atoms with van der Waals surface area (Å²) in [6, 6.07) is 19.0. The molecular weight excluding hydrogens is 448 g/mol. The van der Waals surface area contributed by atoms with Crippen molar-refractivity contribution in [2.75, 3.05) is 7.11 Å². The van der Waals surface area contributed by atoms with Gasteiger partial charge in [0.15, 0.2) is 17.2 Å². The average Bonchev–Trinajstić information content (AvgIpc) is 3.53. The molecule has 0 radical (unpaired) electrons. The molecule has 178 valence electrons. The first kappa shape index (κ1) is 22.4. The number of pyridine rings is 1. The molecule has 1 aliphatic carbocycles. The number of rotatable bonds is 5. The van der Waals surface area contributed by atoms with Crippen LogP contribution in [0.15, 0.2) is 60.7 Å². The lowest BCUT2D eigenvalue weighted by molar-refractivity contribution is 0.0535. The van der Waals surface area contributed by atoms with Crippen molar-refractivity contribution in [2.45, 2.75) is 31.9 Å². The minimum Gasteiger partial charge on any atom is -0.493 e. The highest BCUT2D eigenvalue weighted by Gasteiger charge is 2.29. The van der Waals surface area contributed by atoms with Gasteiger partial charge in [0.2, 0.25) is 0 Å². The fraction of sp³-hybridized carbons (Fsp3) is 0.231. The summed E-state index contributed by atoms with van der Waals surface area (Å²) < 4.78 is 12.4. The molecule has 1 aliphatic heterocycles. The van der Waals surface area contributed by atoms with Crippen molar-refractivity contribution in [1.29, 1.82) is 0 Å². The predicted molar refractivity (Wildman–Crippen MR) is 127 cm³/mol. The zero-order chi connectivity index (χ0) is 24.4. The Morgan fingerprint density at radius 3 is 2.69 bits per heavy atom. The summed E-state index contributed by atoms with van der Waals surface area (Å²) in [6.07, 6.45) is 1.30. The molecule has 0 unspecified atom stereocenters. The second-order valence-corrected chi connectivity index (χ2v) is 8.36. The number of nitrogens with one attached hydrogen (secondary N) is 1. The highest BCUT2D eigenvalue weighted by atomic mass is 16.5. The Hall–Kier alpha value is -4.40. The minimum absolute atomic E-state index is 0.256. The third kappa shape index (κ3) is 4.79. The fourth-order valence-electron chi connectivity index (χ4n) is 3.91. The number of hydrogen-bond donors (Lipinski definition) is 2. The van der Waals surface area contributed by atoms with Crippen molar-refractivity contribution in [3.8, 4) is 17.0 Å². The van der Waals surface area contributed by atoms with Gasteiger partial charge in [-0.25, -0.2) is 19.1 Å². The first-order valence-corrected chi connectivity index (χ1v) is 11.3. The minimum atomic E-state index is -0.992. The van der Waals surface area contributed by atoms with Gasteiger partial charge < -0.3 is 19.9 Å². The van der Waals surface area contributed by atoms with Gasteiger partial charge in [0.1, 0.15) is 6.61 Å². The van der Waals surface area contributed by atoms with E-state index in [2.05, 4.69) is 10.3 Å². The maximum atomic E-state index is 11.6. The Balaban J connectivity index is 0.000000195. The van der Waals surface area contributed by atoms with Gasteiger partial charge in [0, 0.05) is 23.6 Å². The van der Waals surface area contributed by atoms with E-state index in [4.69, 9.17) is 19.7 Å². The molecule has 9 nitrogen and oxygen atoms in total. The number of hydrogen-bond acceptors (Lipinski definition) is 6. The number of methoxy groups -OCH3 is 1. The number of carboxylic acid groups (broad SMARTS) is 1. The maximum absolute atomic E-state index is 11.6. The number of ether oxygens (including phenoxy) is 2. The normalized spacial score (nSPS) is 14.0. The Bertz CT molecular complexity index is 1400. The second-order valence-electron chi connectivity index (χ2n) is 8.36. The Labute approximate surface area is 201 Å². The largest absolute Gasteiger partial charge is 0.493 e. The molecular formula is C26H24N4O5. The molecule has 2 aromatic heterocycles. The van der Waals surface area contributed by atoms with E-state index in [-0.39, 0.29) is 5.97 Å². The first-order valence-electron chi connectivity index (χ1n) is 11.3. The SMILES string of the molecule is COc1ccc(-c2ccc3c(c2)COC3=O)n2nc(C3CC3)nc12.O=C(O)NCc1ccccc1. The molecule has 2 aliphatic rings. The molecule has 2 aromatic carbocycles. The highest BCUT2D eigenvalue weighted by molar-refractivity contribution is 5.94. The van der Waals surface area contributed by atoms with E-state index in [9.17, 15) is 9.59 Å². The van der Waals surface area contributed by atoms with Crippen LogP contribution in [0.25, 0.3) is 16.9 Å². The third-order valence-corrected chi connectivity index (χ3v) is 5.89. The third-order valence-electron chi connectivity index (χ3n) is 5.89. The van der Waals surface area contributed by atoms with Crippen LogP contribution in [-0.2, 0) is 17.9 Å². The van der Waals surface area contributed by atoms with E-state index in [1.807, 2.05) is 65.2 Å². The molecule has 1 fully saturated rings. The number of amides is 1. The average molecular weight is 473 g/mol. The number of carbonyl (C=O) groups is 2. The second kappa shape index (κ2) is 9.46. The van der Waals surface area contributed by atoms with E-state index in [0.29, 0.717) is 30.4 Å². The van der Waals surface area contributed by atoms with Gasteiger partial charge in [-0.3, -0.25) is 0 Å². The van der Waals surface area contributed by atoms with Crippen molar-refractivity contribution >= 4 is 17.7 Å². The van der Waals surface area contributed by atoms with E-state index in [1.165, 1.54) is 0 Å². The molecule has 1 saturated carbocycles. The number of nitrogens with zero attached hydrogens (tertiary/aromatic N) is 3. The lowest BCUT2D eigenvalue weighted by Gasteiger charge is -2.08. The van der Waals surface area contributed by atoms with Gasteiger partial charge in [-0.1, -0.05) is 36.4 Å². The molecule has 0 spiro atoms. The molecule has 0 atom stereocenters. The highest BCUT2D eigenvalue weighted by Crippen LogP contribution is 2.39. The predicted octanol–water partition coefficient (Wildman–Crippen LogP) is 4.41. The summed E-state index contributed by atoms with van der Waals surface area (Å²) in [7, 11) is 1.64. The van der Waals surface area contributed by atoms with Crippen LogP contribution in [0.2, 0.25) is 0 Å². The number of carbonyl (C=O) groups excluding carboxylic acids is 1. The Morgan fingerprint density at radius 2 is 1.97 bits per heavy atom. The Morgan fingerprint density at radius 1 is 1.17 bits per heavy atom. The van der Waals surface area contributed by atoms with Crippen molar-refractivity contribution in [2.24, 2.45) is 0 Å². The quantitative estimate of drug-likeness (QED) is 0.414. The molecule has 4 aromatic rings. The standard InChI is InChI=1S/C18H15N3O3.C8H9NO2/c1-23-15-7-6-14(21-17(15)19-16(20-21)10-2-3-10)11-4-5-13-12(8-11)9-24-18(13)22;10-8(11)9-6-7-4-2-1-3-5-7/h4-8,10H,2-3,9H2,1H3;1-5,9H,6H2,(H,10,11). The van der Waals surface area contributed by atoms with E-state index in [0.717, 1.165) is 46.7 Å². The fourth-order valence-corrected chi connectivity index (χ4v) is 3.91. The summed E-state index contributed by atoms with van der Waals surface area (Å²) in [4.78, 5) is 26.4. The zero-order valence-corrected chi connectivity index (χ0v) is 19.1. The van der Waals surface area contributed by atoms with Crippen molar-refractivity contribution in [3.63, 3.8) is 0 Å². The molecule has 35 heavy (non-hydrogen) atoms. The number of aromatic nitrogens is 3. The van der Waals surface area contributed by atoms with E-state index in [1.54, 1.807) is 7.11 Å².